The first-order valence-corrected chi connectivity index (χ1v) is 17.4. The summed E-state index contributed by atoms with van der Waals surface area (Å²) in [5.41, 5.74) is 11.2. The van der Waals surface area contributed by atoms with Gasteiger partial charge in [0.05, 0.1) is 22.2 Å². The van der Waals surface area contributed by atoms with E-state index in [1.165, 1.54) is 21.8 Å². The Labute approximate surface area is 298 Å². The van der Waals surface area contributed by atoms with E-state index in [1.807, 2.05) is 36.7 Å². The van der Waals surface area contributed by atoms with Crippen LogP contribution in [0.3, 0.4) is 0 Å². The highest BCUT2D eigenvalue weighted by atomic mass is 16.3. The van der Waals surface area contributed by atoms with Crippen LogP contribution in [0.1, 0.15) is 0 Å². The van der Waals surface area contributed by atoms with Gasteiger partial charge in [-0.3, -0.25) is 4.98 Å². The molecule has 4 heterocycles. The molecule has 242 valence electrons. The van der Waals surface area contributed by atoms with Gasteiger partial charge in [-0.1, -0.05) is 97.1 Å². The van der Waals surface area contributed by atoms with Crippen LogP contribution in [0.25, 0.3) is 105 Å². The number of pyridine rings is 1. The smallest absolute Gasteiger partial charge is 0.161 e. The minimum Gasteiger partial charge on any atom is -0.456 e. The summed E-state index contributed by atoms with van der Waals surface area (Å²) < 4.78 is 8.84. The molecule has 7 aromatic carbocycles. The van der Waals surface area contributed by atoms with E-state index in [0.29, 0.717) is 5.82 Å². The molecule has 11 aromatic rings. The number of nitrogens with zero attached hydrogens (tertiary/aromatic N) is 4. The number of furan rings is 1. The molecule has 0 amide bonds. The molecule has 0 spiro atoms. The highest BCUT2D eigenvalue weighted by molar-refractivity contribution is 6.15. The average molecular weight is 665 g/mol. The first kappa shape index (κ1) is 28.7. The average Bonchev–Trinajstić information content (AvgIpc) is 3.76. The molecule has 5 heteroatoms. The van der Waals surface area contributed by atoms with Gasteiger partial charge in [-0.05, 0) is 71.8 Å². The van der Waals surface area contributed by atoms with Gasteiger partial charge in [-0.15, -0.1) is 0 Å². The van der Waals surface area contributed by atoms with E-state index in [-0.39, 0.29) is 0 Å². The van der Waals surface area contributed by atoms with Crippen molar-refractivity contribution in [2.75, 3.05) is 0 Å². The van der Waals surface area contributed by atoms with Crippen LogP contribution < -0.4 is 0 Å². The Hall–Kier alpha value is -7.11. The maximum absolute atomic E-state index is 6.49. The van der Waals surface area contributed by atoms with E-state index in [2.05, 4.69) is 143 Å². The fraction of sp³-hybridized carbons (Fsp3) is 0. The summed E-state index contributed by atoms with van der Waals surface area (Å²) >= 11 is 0. The Morgan fingerprint density at radius 2 is 1.25 bits per heavy atom. The second kappa shape index (κ2) is 11.2. The van der Waals surface area contributed by atoms with Crippen LogP contribution in [0, 0.1) is 0 Å². The third kappa shape index (κ3) is 4.33. The lowest BCUT2D eigenvalue weighted by Crippen LogP contribution is -1.96. The SMILES string of the molecule is c1ccc(-c2nc(-c3cccc4oc5ccc(-c6ccc7c(c6)c6ccccc6n7-c6ccccc6)cc5c34)nc3c2ccc2cnccc23)cc1. The fourth-order valence-corrected chi connectivity index (χ4v) is 7.90. The van der Waals surface area contributed by atoms with Crippen molar-refractivity contribution in [3.05, 3.63) is 170 Å². The Morgan fingerprint density at radius 1 is 0.481 bits per heavy atom. The van der Waals surface area contributed by atoms with Crippen LogP contribution in [-0.2, 0) is 0 Å². The molecule has 5 nitrogen and oxygen atoms in total. The van der Waals surface area contributed by atoms with Crippen molar-refractivity contribution >= 4 is 65.4 Å². The van der Waals surface area contributed by atoms with Crippen LogP contribution >= 0.6 is 0 Å². The van der Waals surface area contributed by atoms with Crippen LogP contribution in [0.5, 0.6) is 0 Å². The van der Waals surface area contributed by atoms with Gasteiger partial charge in [-0.25, -0.2) is 9.97 Å². The van der Waals surface area contributed by atoms with Crippen molar-refractivity contribution in [2.24, 2.45) is 0 Å². The van der Waals surface area contributed by atoms with Crippen molar-refractivity contribution in [3.63, 3.8) is 0 Å². The summed E-state index contributed by atoms with van der Waals surface area (Å²) in [4.78, 5) is 14.9. The largest absolute Gasteiger partial charge is 0.456 e. The lowest BCUT2D eigenvalue weighted by Gasteiger charge is -2.12. The molecule has 0 fully saturated rings. The summed E-state index contributed by atoms with van der Waals surface area (Å²) in [6.45, 7) is 0. The number of rotatable bonds is 4. The molecule has 4 aromatic heterocycles. The lowest BCUT2D eigenvalue weighted by atomic mass is 9.98. The molecular weight excluding hydrogens is 637 g/mol. The number of fused-ring (bicyclic) bond motifs is 9. The molecule has 0 aliphatic rings. The third-order valence-electron chi connectivity index (χ3n) is 10.3. The molecule has 0 bridgehead atoms. The third-order valence-corrected chi connectivity index (χ3v) is 10.3. The molecule has 0 radical (unpaired) electrons. The number of hydrogen-bond donors (Lipinski definition) is 0. The van der Waals surface area contributed by atoms with Gasteiger partial charge in [0, 0.05) is 66.9 Å². The minimum absolute atomic E-state index is 0.657. The number of hydrogen-bond acceptors (Lipinski definition) is 4. The highest BCUT2D eigenvalue weighted by Crippen LogP contribution is 2.41. The van der Waals surface area contributed by atoms with Gasteiger partial charge in [0.1, 0.15) is 11.2 Å². The van der Waals surface area contributed by atoms with Crippen LogP contribution in [-0.4, -0.2) is 19.5 Å². The first-order chi connectivity index (χ1) is 25.8. The van der Waals surface area contributed by atoms with E-state index in [4.69, 9.17) is 14.4 Å². The lowest BCUT2D eigenvalue weighted by molar-refractivity contribution is 0.669. The first-order valence-electron chi connectivity index (χ1n) is 17.4. The molecule has 52 heavy (non-hydrogen) atoms. The van der Waals surface area contributed by atoms with E-state index in [0.717, 1.165) is 77.2 Å². The Kier molecular flexibility index (Phi) is 6.18. The normalized spacial score (nSPS) is 11.8. The van der Waals surface area contributed by atoms with Crippen LogP contribution in [0.15, 0.2) is 175 Å². The Bertz CT molecular complexity index is 3180. The zero-order valence-electron chi connectivity index (χ0n) is 27.9. The molecule has 0 atom stereocenters. The van der Waals surface area contributed by atoms with E-state index >= 15 is 0 Å². The van der Waals surface area contributed by atoms with Crippen LogP contribution in [0.2, 0.25) is 0 Å². The zero-order chi connectivity index (χ0) is 34.2. The van der Waals surface area contributed by atoms with Crippen molar-refractivity contribution in [3.8, 4) is 39.5 Å². The topological polar surface area (TPSA) is 56.7 Å². The minimum atomic E-state index is 0.657. The molecule has 0 aliphatic heterocycles. The molecule has 0 N–H and O–H groups in total. The maximum atomic E-state index is 6.49. The van der Waals surface area contributed by atoms with Crippen molar-refractivity contribution in [2.45, 2.75) is 0 Å². The van der Waals surface area contributed by atoms with Crippen molar-refractivity contribution < 1.29 is 4.42 Å². The predicted octanol–water partition coefficient (Wildman–Crippen LogP) is 12.2. The van der Waals surface area contributed by atoms with Gasteiger partial charge in [0.15, 0.2) is 5.82 Å². The van der Waals surface area contributed by atoms with Gasteiger partial charge >= 0.3 is 0 Å². The standard InChI is InChI=1S/C47H28N4O/c1-3-10-29(11-4-1)45-37-21-18-32-28-48-25-24-34(32)46(37)50-47(49-45)36-15-9-17-43-44(36)39-27-31(20-23-42(39)52-43)30-19-22-41-38(26-30)35-14-7-8-16-40(35)51(41)33-12-5-2-6-13-33/h1-28H. The summed E-state index contributed by atoms with van der Waals surface area (Å²) in [6, 6.07) is 55.3. The van der Waals surface area contributed by atoms with Gasteiger partial charge in [0.2, 0.25) is 0 Å². The second-order valence-electron chi connectivity index (χ2n) is 13.2. The monoisotopic (exact) mass is 664 g/mol. The molecule has 11 rings (SSSR count). The predicted molar refractivity (Wildman–Crippen MR) is 213 cm³/mol. The summed E-state index contributed by atoms with van der Waals surface area (Å²) in [5.74, 6) is 0.657. The fourth-order valence-electron chi connectivity index (χ4n) is 7.90. The Morgan fingerprint density at radius 3 is 2.13 bits per heavy atom. The van der Waals surface area contributed by atoms with Gasteiger partial charge in [-0.2, -0.15) is 0 Å². The van der Waals surface area contributed by atoms with Crippen LogP contribution in [0.4, 0.5) is 0 Å². The van der Waals surface area contributed by atoms with E-state index in [1.54, 1.807) is 0 Å². The summed E-state index contributed by atoms with van der Waals surface area (Å²) in [7, 11) is 0. The summed E-state index contributed by atoms with van der Waals surface area (Å²) in [5, 5.41) is 7.57. The van der Waals surface area contributed by atoms with Crippen molar-refractivity contribution in [1.29, 1.82) is 0 Å². The van der Waals surface area contributed by atoms with E-state index < -0.39 is 0 Å². The van der Waals surface area contributed by atoms with Gasteiger partial charge < -0.3 is 8.98 Å². The quantitative estimate of drug-likeness (QED) is 0.176. The number of aromatic nitrogens is 4. The highest BCUT2D eigenvalue weighted by Gasteiger charge is 2.19. The Balaban J connectivity index is 1.13. The zero-order valence-corrected chi connectivity index (χ0v) is 27.9. The van der Waals surface area contributed by atoms with Gasteiger partial charge in [0.25, 0.3) is 0 Å². The number of benzene rings is 7. The molecule has 0 saturated carbocycles. The maximum Gasteiger partial charge on any atom is 0.161 e. The molecule has 0 saturated heterocycles. The van der Waals surface area contributed by atoms with E-state index in [9.17, 15) is 0 Å². The second-order valence-corrected chi connectivity index (χ2v) is 13.2. The molecular formula is C47H28N4O. The summed E-state index contributed by atoms with van der Waals surface area (Å²) in [6.07, 6.45) is 3.72. The van der Waals surface area contributed by atoms with Crippen molar-refractivity contribution in [1.82, 2.24) is 19.5 Å². The number of para-hydroxylation sites is 2. The molecule has 0 aliphatic carbocycles. The molecule has 0 unspecified atom stereocenters.